The van der Waals surface area contributed by atoms with E-state index in [0.29, 0.717) is 38.7 Å². The average molecular weight is 496 g/mol. The van der Waals surface area contributed by atoms with Gasteiger partial charge in [0.05, 0.1) is 16.2 Å². The van der Waals surface area contributed by atoms with E-state index in [1.54, 1.807) is 12.1 Å². The molecule has 0 amide bonds. The van der Waals surface area contributed by atoms with Gasteiger partial charge < -0.3 is 14.3 Å². The number of aromatic nitrogens is 5. The van der Waals surface area contributed by atoms with Gasteiger partial charge >= 0.3 is 0 Å². The number of H-pyrrole nitrogens is 1. The number of fused-ring (bicyclic) bond motifs is 1. The number of nitrogens with one attached hydrogen (secondary N) is 1. The van der Waals surface area contributed by atoms with Gasteiger partial charge in [-0.05, 0) is 17.7 Å². The van der Waals surface area contributed by atoms with Gasteiger partial charge in [0, 0.05) is 18.0 Å². The fraction of sp³-hybridized carbons (Fsp3) is 0.130. The summed E-state index contributed by atoms with van der Waals surface area (Å²) in [7, 11) is 1.87. The predicted molar refractivity (Wildman–Crippen MR) is 132 cm³/mol. The molecule has 0 unspecified atom stereocenters. The van der Waals surface area contributed by atoms with Crippen molar-refractivity contribution in [2.75, 3.05) is 0 Å². The first kappa shape index (κ1) is 21.7. The SMILES string of the molecule is Cn1c(COc2ccccc2Cl)nnc1SCc1nc2scc(-c3ccccc3)c2c(=O)[nH]1. The molecule has 0 saturated heterocycles. The first-order valence-corrected chi connectivity index (χ1v) is 12.3. The molecule has 5 rings (SSSR count). The van der Waals surface area contributed by atoms with E-state index < -0.39 is 0 Å². The van der Waals surface area contributed by atoms with E-state index in [1.807, 2.05) is 59.5 Å². The van der Waals surface area contributed by atoms with Gasteiger partial charge in [0.1, 0.15) is 23.0 Å². The summed E-state index contributed by atoms with van der Waals surface area (Å²) in [6, 6.07) is 17.1. The number of ether oxygens (including phenoxy) is 1. The molecule has 0 aliphatic carbocycles. The van der Waals surface area contributed by atoms with Gasteiger partial charge in [0.25, 0.3) is 5.56 Å². The Morgan fingerprint density at radius 1 is 1.12 bits per heavy atom. The van der Waals surface area contributed by atoms with E-state index in [2.05, 4.69) is 20.2 Å². The molecule has 33 heavy (non-hydrogen) atoms. The summed E-state index contributed by atoms with van der Waals surface area (Å²) in [5, 5.41) is 12.3. The fourth-order valence-corrected chi connectivity index (χ4v) is 5.28. The van der Waals surface area contributed by atoms with Crippen molar-refractivity contribution in [1.29, 1.82) is 0 Å². The number of aromatic amines is 1. The predicted octanol–water partition coefficient (Wildman–Crippen LogP) is 5.30. The molecular weight excluding hydrogens is 478 g/mol. The largest absolute Gasteiger partial charge is 0.484 e. The molecule has 0 bridgehead atoms. The molecule has 2 aromatic carbocycles. The highest BCUT2D eigenvalue weighted by Gasteiger charge is 2.15. The van der Waals surface area contributed by atoms with Gasteiger partial charge in [-0.2, -0.15) is 0 Å². The molecule has 3 heterocycles. The lowest BCUT2D eigenvalue weighted by molar-refractivity contribution is 0.290. The van der Waals surface area contributed by atoms with E-state index in [1.165, 1.54) is 23.1 Å². The van der Waals surface area contributed by atoms with E-state index >= 15 is 0 Å². The van der Waals surface area contributed by atoms with E-state index in [9.17, 15) is 4.79 Å². The van der Waals surface area contributed by atoms with Crippen LogP contribution in [0.15, 0.2) is 69.9 Å². The van der Waals surface area contributed by atoms with E-state index in [4.69, 9.17) is 16.3 Å². The number of halogens is 1. The van der Waals surface area contributed by atoms with Crippen LogP contribution in [0, 0.1) is 0 Å². The van der Waals surface area contributed by atoms with Crippen molar-refractivity contribution in [3.05, 3.63) is 87.0 Å². The summed E-state index contributed by atoms with van der Waals surface area (Å²) in [6.45, 7) is 0.242. The zero-order valence-electron chi connectivity index (χ0n) is 17.5. The maximum absolute atomic E-state index is 12.8. The Bertz CT molecular complexity index is 1480. The number of benzene rings is 2. The Morgan fingerprint density at radius 2 is 1.91 bits per heavy atom. The second kappa shape index (κ2) is 9.38. The third kappa shape index (κ3) is 4.52. The Labute approximate surface area is 202 Å². The van der Waals surface area contributed by atoms with Gasteiger partial charge in [0.15, 0.2) is 11.0 Å². The summed E-state index contributed by atoms with van der Waals surface area (Å²) >= 11 is 9.05. The van der Waals surface area contributed by atoms with Crippen molar-refractivity contribution in [2.45, 2.75) is 17.5 Å². The quantitative estimate of drug-likeness (QED) is 0.308. The van der Waals surface area contributed by atoms with Crippen LogP contribution in [0.1, 0.15) is 11.6 Å². The van der Waals surface area contributed by atoms with Gasteiger partial charge in [-0.1, -0.05) is 65.8 Å². The van der Waals surface area contributed by atoms with Crippen LogP contribution in [0.2, 0.25) is 5.02 Å². The van der Waals surface area contributed by atoms with Gasteiger partial charge in [-0.3, -0.25) is 4.79 Å². The molecule has 5 aromatic rings. The van der Waals surface area contributed by atoms with Gasteiger partial charge in [0.2, 0.25) is 0 Å². The minimum Gasteiger partial charge on any atom is -0.484 e. The number of hydrogen-bond acceptors (Lipinski definition) is 7. The fourth-order valence-electron chi connectivity index (χ4n) is 3.33. The van der Waals surface area contributed by atoms with Crippen LogP contribution >= 0.6 is 34.7 Å². The molecule has 0 saturated carbocycles. The molecular formula is C23H18ClN5O2S2. The number of rotatable bonds is 7. The standard InChI is InChI=1S/C23H18ClN5O2S2/c1-29-19(11-31-17-10-6-5-9-16(17)24)27-28-23(29)33-13-18-25-21(30)20-15(12-32-22(20)26-18)14-7-3-2-4-8-14/h2-10,12H,11,13H2,1H3,(H,25,26,30). The third-order valence-corrected chi connectivity index (χ3v) is 7.25. The monoisotopic (exact) mass is 495 g/mol. The Morgan fingerprint density at radius 3 is 2.73 bits per heavy atom. The second-order valence-corrected chi connectivity index (χ2v) is 9.38. The van der Waals surface area contributed by atoms with Crippen LogP contribution in [0.4, 0.5) is 0 Å². The molecule has 7 nitrogen and oxygen atoms in total. The maximum atomic E-state index is 12.8. The highest BCUT2D eigenvalue weighted by Crippen LogP contribution is 2.31. The van der Waals surface area contributed by atoms with Crippen LogP contribution in [0.25, 0.3) is 21.3 Å². The molecule has 0 aliphatic rings. The van der Waals surface area contributed by atoms with E-state index in [0.717, 1.165) is 16.0 Å². The number of thioether (sulfide) groups is 1. The lowest BCUT2D eigenvalue weighted by Crippen LogP contribution is -2.11. The molecule has 1 N–H and O–H groups in total. The highest BCUT2D eigenvalue weighted by molar-refractivity contribution is 7.98. The molecule has 10 heteroatoms. The second-order valence-electron chi connectivity index (χ2n) is 7.17. The molecule has 0 aliphatic heterocycles. The lowest BCUT2D eigenvalue weighted by atomic mass is 10.1. The minimum absolute atomic E-state index is 0.137. The molecule has 166 valence electrons. The number of nitrogens with zero attached hydrogens (tertiary/aromatic N) is 4. The Kier molecular flexibility index (Phi) is 6.17. The summed E-state index contributed by atoms with van der Waals surface area (Å²) in [5.41, 5.74) is 1.77. The van der Waals surface area contributed by atoms with Crippen molar-refractivity contribution >= 4 is 44.9 Å². The van der Waals surface area contributed by atoms with Crippen molar-refractivity contribution in [3.63, 3.8) is 0 Å². The lowest BCUT2D eigenvalue weighted by Gasteiger charge is -2.07. The van der Waals surface area contributed by atoms with Crippen LogP contribution in [-0.2, 0) is 19.4 Å². The van der Waals surface area contributed by atoms with Crippen molar-refractivity contribution in [1.82, 2.24) is 24.7 Å². The van der Waals surface area contributed by atoms with E-state index in [-0.39, 0.29) is 12.2 Å². The minimum atomic E-state index is -0.137. The Hall–Kier alpha value is -3.14. The zero-order chi connectivity index (χ0) is 22.8. The maximum Gasteiger partial charge on any atom is 0.260 e. The van der Waals surface area contributed by atoms with Crippen molar-refractivity contribution < 1.29 is 4.74 Å². The average Bonchev–Trinajstić information content (AvgIpc) is 3.41. The van der Waals surface area contributed by atoms with Crippen molar-refractivity contribution in [3.8, 4) is 16.9 Å². The topological polar surface area (TPSA) is 85.7 Å². The van der Waals surface area contributed by atoms with Crippen LogP contribution in [-0.4, -0.2) is 24.7 Å². The molecule has 0 spiro atoms. The summed E-state index contributed by atoms with van der Waals surface area (Å²) in [5.74, 6) is 2.31. The first-order valence-electron chi connectivity index (χ1n) is 10.0. The zero-order valence-corrected chi connectivity index (χ0v) is 19.9. The summed E-state index contributed by atoms with van der Waals surface area (Å²) < 4.78 is 7.62. The normalized spacial score (nSPS) is 11.2. The van der Waals surface area contributed by atoms with Crippen LogP contribution in [0.5, 0.6) is 5.75 Å². The first-order chi connectivity index (χ1) is 16.1. The highest BCUT2D eigenvalue weighted by atomic mass is 35.5. The third-order valence-electron chi connectivity index (χ3n) is 5.03. The number of thiophene rings is 1. The molecule has 3 aromatic heterocycles. The Balaban J connectivity index is 1.30. The molecule has 0 fully saturated rings. The smallest absolute Gasteiger partial charge is 0.260 e. The molecule has 0 radical (unpaired) electrons. The number of para-hydroxylation sites is 1. The van der Waals surface area contributed by atoms with Gasteiger partial charge in [-0.25, -0.2) is 4.98 Å². The van der Waals surface area contributed by atoms with Crippen molar-refractivity contribution in [2.24, 2.45) is 7.05 Å². The van der Waals surface area contributed by atoms with Gasteiger partial charge in [-0.15, -0.1) is 21.5 Å². The number of hydrogen-bond donors (Lipinski definition) is 1. The summed E-state index contributed by atoms with van der Waals surface area (Å²) in [4.78, 5) is 21.1. The van der Waals surface area contributed by atoms with Crippen LogP contribution in [0.3, 0.4) is 0 Å². The summed E-state index contributed by atoms with van der Waals surface area (Å²) in [6.07, 6.45) is 0. The molecule has 0 atom stereocenters. The van der Waals surface area contributed by atoms with Crippen LogP contribution < -0.4 is 10.3 Å².